The van der Waals surface area contributed by atoms with E-state index in [4.69, 9.17) is 10.8 Å². The van der Waals surface area contributed by atoms with Crippen molar-refractivity contribution in [3.05, 3.63) is 17.8 Å². The minimum absolute atomic E-state index is 0.00922. The van der Waals surface area contributed by atoms with E-state index < -0.39 is 5.97 Å². The molecule has 17 heavy (non-hydrogen) atoms. The third kappa shape index (κ3) is 3.62. The Morgan fingerprint density at radius 1 is 1.47 bits per heavy atom. The number of nitrogens with zero attached hydrogens (tertiary/aromatic N) is 2. The van der Waals surface area contributed by atoms with Crippen LogP contribution in [0.15, 0.2) is 12.1 Å². The van der Waals surface area contributed by atoms with Crippen molar-refractivity contribution < 1.29 is 9.90 Å². The van der Waals surface area contributed by atoms with Gasteiger partial charge in [0, 0.05) is 13.6 Å². The predicted octanol–water partition coefficient (Wildman–Crippen LogP) is 1.84. The summed E-state index contributed by atoms with van der Waals surface area (Å²) in [4.78, 5) is 16.8. The van der Waals surface area contributed by atoms with E-state index in [1.165, 1.54) is 6.07 Å². The van der Waals surface area contributed by atoms with Crippen molar-refractivity contribution in [2.24, 2.45) is 5.41 Å². The van der Waals surface area contributed by atoms with Gasteiger partial charge in [0.05, 0.1) is 5.69 Å². The molecule has 1 rings (SSSR count). The van der Waals surface area contributed by atoms with Crippen LogP contribution in [0, 0.1) is 5.41 Å². The molecular weight excluding hydrogens is 218 g/mol. The minimum Gasteiger partial charge on any atom is -0.477 e. The van der Waals surface area contributed by atoms with Gasteiger partial charge in [0.1, 0.15) is 0 Å². The van der Waals surface area contributed by atoms with Gasteiger partial charge in [0.2, 0.25) is 0 Å². The van der Waals surface area contributed by atoms with Gasteiger partial charge in [-0.1, -0.05) is 20.8 Å². The Hall–Kier alpha value is -1.78. The predicted molar refractivity (Wildman–Crippen MR) is 68.3 cm³/mol. The van der Waals surface area contributed by atoms with Crippen molar-refractivity contribution in [2.75, 3.05) is 24.2 Å². The van der Waals surface area contributed by atoms with Crippen LogP contribution >= 0.6 is 0 Å². The van der Waals surface area contributed by atoms with Gasteiger partial charge in [-0.2, -0.15) is 0 Å². The molecule has 0 atom stereocenters. The number of rotatable bonds is 3. The quantitative estimate of drug-likeness (QED) is 0.838. The van der Waals surface area contributed by atoms with Crippen LogP contribution in [-0.4, -0.2) is 29.7 Å². The molecule has 5 nitrogen and oxygen atoms in total. The van der Waals surface area contributed by atoms with Crippen LogP contribution in [0.5, 0.6) is 0 Å². The van der Waals surface area contributed by atoms with Gasteiger partial charge >= 0.3 is 5.97 Å². The Morgan fingerprint density at radius 2 is 2.06 bits per heavy atom. The van der Waals surface area contributed by atoms with Gasteiger partial charge in [-0.15, -0.1) is 0 Å². The zero-order chi connectivity index (χ0) is 13.2. The molecular formula is C12H19N3O2. The largest absolute Gasteiger partial charge is 0.477 e. The van der Waals surface area contributed by atoms with E-state index >= 15 is 0 Å². The zero-order valence-electron chi connectivity index (χ0n) is 10.7. The van der Waals surface area contributed by atoms with E-state index in [0.29, 0.717) is 11.5 Å². The standard InChI is InChI=1S/C12H19N3O2/c1-12(2,3)7-15(4)10-8(13)5-6-9(14-10)11(16)17/h5-6H,7,13H2,1-4H3,(H,16,17). The van der Waals surface area contributed by atoms with Gasteiger partial charge < -0.3 is 15.7 Å². The maximum absolute atomic E-state index is 10.9. The van der Waals surface area contributed by atoms with E-state index in [2.05, 4.69) is 25.8 Å². The third-order valence-corrected chi connectivity index (χ3v) is 2.20. The number of pyridine rings is 1. The van der Waals surface area contributed by atoms with Crippen molar-refractivity contribution in [2.45, 2.75) is 20.8 Å². The van der Waals surface area contributed by atoms with Gasteiger partial charge in [0.25, 0.3) is 0 Å². The van der Waals surface area contributed by atoms with Crippen LogP contribution in [0.4, 0.5) is 11.5 Å². The molecule has 0 saturated carbocycles. The number of carboxylic acids is 1. The lowest BCUT2D eigenvalue weighted by molar-refractivity contribution is 0.0690. The minimum atomic E-state index is -1.05. The average molecular weight is 237 g/mol. The monoisotopic (exact) mass is 237 g/mol. The maximum Gasteiger partial charge on any atom is 0.354 e. The molecule has 0 aliphatic heterocycles. The summed E-state index contributed by atoms with van der Waals surface area (Å²) in [5.41, 5.74) is 6.39. The van der Waals surface area contributed by atoms with E-state index in [-0.39, 0.29) is 11.1 Å². The van der Waals surface area contributed by atoms with Crippen molar-refractivity contribution in [3.8, 4) is 0 Å². The Morgan fingerprint density at radius 3 is 2.53 bits per heavy atom. The summed E-state index contributed by atoms with van der Waals surface area (Å²) in [7, 11) is 1.86. The van der Waals surface area contributed by atoms with Gasteiger partial charge in [-0.25, -0.2) is 9.78 Å². The van der Waals surface area contributed by atoms with Gasteiger partial charge in [-0.3, -0.25) is 0 Å². The van der Waals surface area contributed by atoms with Crippen LogP contribution in [0.2, 0.25) is 0 Å². The van der Waals surface area contributed by atoms with Crippen LogP contribution in [0.3, 0.4) is 0 Å². The number of hydrogen-bond donors (Lipinski definition) is 2. The molecule has 5 heteroatoms. The van der Waals surface area contributed by atoms with Gasteiger partial charge in [0.15, 0.2) is 11.5 Å². The molecule has 3 N–H and O–H groups in total. The van der Waals surface area contributed by atoms with Crippen LogP contribution in [0.1, 0.15) is 31.3 Å². The lowest BCUT2D eigenvalue weighted by atomic mass is 9.96. The van der Waals surface area contributed by atoms with Crippen molar-refractivity contribution in [1.29, 1.82) is 0 Å². The van der Waals surface area contributed by atoms with E-state index in [0.717, 1.165) is 6.54 Å². The van der Waals surface area contributed by atoms with E-state index in [1.54, 1.807) is 6.07 Å². The van der Waals surface area contributed by atoms with Gasteiger partial charge in [-0.05, 0) is 17.5 Å². The van der Waals surface area contributed by atoms with Crippen molar-refractivity contribution in [3.63, 3.8) is 0 Å². The smallest absolute Gasteiger partial charge is 0.354 e. The number of hydrogen-bond acceptors (Lipinski definition) is 4. The second-order valence-electron chi connectivity index (χ2n) is 5.33. The van der Waals surface area contributed by atoms with Crippen LogP contribution in [0.25, 0.3) is 0 Å². The second-order valence-corrected chi connectivity index (χ2v) is 5.33. The summed E-state index contributed by atoms with van der Waals surface area (Å²) in [5.74, 6) is -0.532. The molecule has 0 spiro atoms. The summed E-state index contributed by atoms with van der Waals surface area (Å²) in [6.45, 7) is 7.04. The first-order chi connectivity index (χ1) is 7.70. The summed E-state index contributed by atoms with van der Waals surface area (Å²) >= 11 is 0. The molecule has 1 aromatic heterocycles. The molecule has 0 unspecified atom stereocenters. The number of anilines is 2. The maximum atomic E-state index is 10.9. The highest BCUT2D eigenvalue weighted by molar-refractivity contribution is 5.86. The fourth-order valence-corrected chi connectivity index (χ4v) is 1.67. The molecule has 0 aliphatic carbocycles. The van der Waals surface area contributed by atoms with Crippen molar-refractivity contribution >= 4 is 17.5 Å². The third-order valence-electron chi connectivity index (χ3n) is 2.20. The molecule has 1 aromatic rings. The normalized spacial score (nSPS) is 11.3. The fourth-order valence-electron chi connectivity index (χ4n) is 1.67. The Balaban J connectivity index is 3.04. The van der Waals surface area contributed by atoms with E-state index in [9.17, 15) is 4.79 Å². The average Bonchev–Trinajstić information content (AvgIpc) is 2.14. The SMILES string of the molecule is CN(CC(C)(C)C)c1nc(C(=O)O)ccc1N. The van der Waals surface area contributed by atoms with Crippen LogP contribution in [-0.2, 0) is 0 Å². The number of aromatic nitrogens is 1. The lowest BCUT2D eigenvalue weighted by Crippen LogP contribution is -2.30. The first-order valence-corrected chi connectivity index (χ1v) is 5.41. The Bertz CT molecular complexity index is 424. The fraction of sp³-hybridized carbons (Fsp3) is 0.500. The molecule has 0 aromatic carbocycles. The first-order valence-electron chi connectivity index (χ1n) is 5.41. The molecule has 0 fully saturated rings. The summed E-state index contributed by atoms with van der Waals surface area (Å²) in [6.07, 6.45) is 0. The second kappa shape index (κ2) is 4.61. The molecule has 0 radical (unpaired) electrons. The number of carboxylic acid groups (broad SMARTS) is 1. The first kappa shape index (κ1) is 13.3. The number of aromatic carboxylic acids is 1. The zero-order valence-corrected chi connectivity index (χ0v) is 10.7. The summed E-state index contributed by atoms with van der Waals surface area (Å²) in [6, 6.07) is 2.98. The number of carbonyl (C=O) groups is 1. The molecule has 0 bridgehead atoms. The van der Waals surface area contributed by atoms with E-state index in [1.807, 2.05) is 11.9 Å². The summed E-state index contributed by atoms with van der Waals surface area (Å²) in [5, 5.41) is 8.89. The lowest BCUT2D eigenvalue weighted by Gasteiger charge is -2.28. The Kier molecular flexibility index (Phi) is 3.60. The number of nitrogen functional groups attached to an aromatic ring is 1. The van der Waals surface area contributed by atoms with Crippen molar-refractivity contribution in [1.82, 2.24) is 4.98 Å². The highest BCUT2D eigenvalue weighted by Crippen LogP contribution is 2.23. The number of nitrogens with two attached hydrogens (primary N) is 1. The highest BCUT2D eigenvalue weighted by atomic mass is 16.4. The molecule has 0 amide bonds. The van der Waals surface area contributed by atoms with Crippen LogP contribution < -0.4 is 10.6 Å². The molecule has 0 aliphatic rings. The highest BCUT2D eigenvalue weighted by Gasteiger charge is 2.17. The molecule has 0 saturated heterocycles. The molecule has 1 heterocycles. The Labute approximate surface area is 101 Å². The topological polar surface area (TPSA) is 79.5 Å². The molecule has 94 valence electrons. The summed E-state index contributed by atoms with van der Waals surface area (Å²) < 4.78 is 0.